The van der Waals surface area contributed by atoms with Gasteiger partial charge in [-0.05, 0) is 24.3 Å². The first-order chi connectivity index (χ1) is 11.9. The van der Waals surface area contributed by atoms with Crippen LogP contribution in [-0.2, 0) is 10.0 Å². The second-order valence-electron chi connectivity index (χ2n) is 5.00. The number of aromatic nitrogens is 1. The van der Waals surface area contributed by atoms with Gasteiger partial charge in [-0.15, -0.1) is 0 Å². The van der Waals surface area contributed by atoms with Gasteiger partial charge in [0.05, 0.1) is 16.8 Å². The molecular formula is C16H12N2O6S. The van der Waals surface area contributed by atoms with Crippen LogP contribution in [-0.4, -0.2) is 29.6 Å². The topological polar surface area (TPSA) is 130 Å². The number of nitrogens with one attached hydrogen (secondary N) is 1. The molecule has 25 heavy (non-hydrogen) atoms. The fraction of sp³-hybridized carbons (Fsp3) is 0. The molecule has 0 atom stereocenters. The second-order valence-corrected chi connectivity index (χ2v) is 6.66. The summed E-state index contributed by atoms with van der Waals surface area (Å²) in [4.78, 5) is 14.6. The van der Waals surface area contributed by atoms with Gasteiger partial charge < -0.3 is 14.6 Å². The molecule has 3 aromatic rings. The van der Waals surface area contributed by atoms with Crippen molar-refractivity contribution in [1.29, 1.82) is 0 Å². The third-order valence-electron chi connectivity index (χ3n) is 3.35. The number of phenols is 1. The van der Waals surface area contributed by atoms with E-state index < -0.39 is 21.7 Å². The van der Waals surface area contributed by atoms with Gasteiger partial charge in [0.2, 0.25) is 0 Å². The molecule has 0 bridgehead atoms. The number of hydrogen-bond donors (Lipinski definition) is 3. The molecule has 0 fully saturated rings. The maximum Gasteiger partial charge on any atom is 0.339 e. The number of oxazole rings is 1. The van der Waals surface area contributed by atoms with Crippen molar-refractivity contribution in [2.75, 3.05) is 4.72 Å². The summed E-state index contributed by atoms with van der Waals surface area (Å²) in [7, 11) is -4.02. The van der Waals surface area contributed by atoms with Crippen molar-refractivity contribution in [1.82, 2.24) is 4.98 Å². The number of aromatic hydroxyl groups is 1. The van der Waals surface area contributed by atoms with E-state index in [0.717, 1.165) is 12.1 Å². The SMILES string of the molecule is O=C(O)c1ccc(NS(=O)(=O)c2ccccc2-c2cnco2)cc1O. The van der Waals surface area contributed by atoms with E-state index in [1.807, 2.05) is 0 Å². The van der Waals surface area contributed by atoms with Gasteiger partial charge in [0.25, 0.3) is 10.0 Å². The van der Waals surface area contributed by atoms with E-state index in [4.69, 9.17) is 9.52 Å². The van der Waals surface area contributed by atoms with Crippen LogP contribution >= 0.6 is 0 Å². The summed E-state index contributed by atoms with van der Waals surface area (Å²) < 4.78 is 32.8. The lowest BCUT2D eigenvalue weighted by molar-refractivity contribution is 0.0694. The lowest BCUT2D eigenvalue weighted by atomic mass is 10.2. The van der Waals surface area contributed by atoms with E-state index in [2.05, 4.69) is 9.71 Å². The first kappa shape index (κ1) is 16.5. The Bertz CT molecular complexity index is 1030. The van der Waals surface area contributed by atoms with Crippen molar-refractivity contribution < 1.29 is 27.8 Å². The Labute approximate surface area is 142 Å². The predicted octanol–water partition coefficient (Wildman–Crippen LogP) is 2.55. The highest BCUT2D eigenvalue weighted by Gasteiger charge is 2.21. The molecule has 0 saturated heterocycles. The Morgan fingerprint density at radius 3 is 2.56 bits per heavy atom. The molecule has 0 unspecified atom stereocenters. The highest BCUT2D eigenvalue weighted by Crippen LogP contribution is 2.29. The fourth-order valence-corrected chi connectivity index (χ4v) is 3.50. The van der Waals surface area contributed by atoms with E-state index in [0.29, 0.717) is 5.56 Å². The van der Waals surface area contributed by atoms with E-state index in [1.54, 1.807) is 18.2 Å². The number of carboxylic acids is 1. The Kier molecular flexibility index (Phi) is 4.15. The van der Waals surface area contributed by atoms with Crippen LogP contribution in [0.2, 0.25) is 0 Å². The van der Waals surface area contributed by atoms with Gasteiger partial charge in [0.15, 0.2) is 12.2 Å². The quantitative estimate of drug-likeness (QED) is 0.637. The number of nitrogens with zero attached hydrogens (tertiary/aromatic N) is 1. The second kappa shape index (κ2) is 6.29. The molecule has 0 aliphatic carbocycles. The molecule has 0 radical (unpaired) electrons. The summed E-state index contributed by atoms with van der Waals surface area (Å²) in [5.74, 6) is -1.58. The van der Waals surface area contributed by atoms with Gasteiger partial charge in [-0.25, -0.2) is 18.2 Å². The van der Waals surface area contributed by atoms with Crippen molar-refractivity contribution in [3.8, 4) is 17.1 Å². The molecule has 3 rings (SSSR count). The van der Waals surface area contributed by atoms with Crippen molar-refractivity contribution >= 4 is 21.7 Å². The van der Waals surface area contributed by atoms with E-state index in [-0.39, 0.29) is 21.9 Å². The highest BCUT2D eigenvalue weighted by atomic mass is 32.2. The van der Waals surface area contributed by atoms with Crippen LogP contribution < -0.4 is 4.72 Å². The predicted molar refractivity (Wildman–Crippen MR) is 87.8 cm³/mol. The standard InChI is InChI=1S/C16H12N2O6S/c19-13-7-10(5-6-11(13)16(20)21)18-25(22,23)15-4-2-1-3-12(15)14-8-17-9-24-14/h1-9,18-19H,(H,20,21). The summed E-state index contributed by atoms with van der Waals surface area (Å²) in [5.41, 5.74) is 0.0127. The van der Waals surface area contributed by atoms with Crippen LogP contribution in [0.4, 0.5) is 5.69 Å². The Balaban J connectivity index is 1.99. The number of benzene rings is 2. The van der Waals surface area contributed by atoms with Gasteiger partial charge in [0.1, 0.15) is 11.3 Å². The minimum Gasteiger partial charge on any atom is -0.507 e. The number of anilines is 1. The van der Waals surface area contributed by atoms with E-state index in [1.165, 1.54) is 24.7 Å². The van der Waals surface area contributed by atoms with Crippen molar-refractivity contribution in [3.63, 3.8) is 0 Å². The minimum atomic E-state index is -4.02. The summed E-state index contributed by atoms with van der Waals surface area (Å²) >= 11 is 0. The lowest BCUT2D eigenvalue weighted by Gasteiger charge is -2.11. The van der Waals surface area contributed by atoms with Crippen LogP contribution in [0.25, 0.3) is 11.3 Å². The smallest absolute Gasteiger partial charge is 0.339 e. The monoisotopic (exact) mass is 360 g/mol. The van der Waals surface area contributed by atoms with E-state index >= 15 is 0 Å². The number of sulfonamides is 1. The zero-order valence-electron chi connectivity index (χ0n) is 12.6. The molecule has 0 spiro atoms. The van der Waals surface area contributed by atoms with Gasteiger partial charge >= 0.3 is 5.97 Å². The van der Waals surface area contributed by atoms with Crippen LogP contribution in [0.5, 0.6) is 5.75 Å². The van der Waals surface area contributed by atoms with Gasteiger partial charge in [-0.3, -0.25) is 4.72 Å². The summed E-state index contributed by atoms with van der Waals surface area (Å²) in [5, 5.41) is 18.6. The average molecular weight is 360 g/mol. The van der Waals surface area contributed by atoms with Crippen molar-refractivity contribution in [2.24, 2.45) is 0 Å². The average Bonchev–Trinajstić information content (AvgIpc) is 3.08. The van der Waals surface area contributed by atoms with Crippen LogP contribution in [0, 0.1) is 0 Å². The summed E-state index contributed by atoms with van der Waals surface area (Å²) in [6.45, 7) is 0. The third-order valence-corrected chi connectivity index (χ3v) is 4.79. The Morgan fingerprint density at radius 1 is 1.16 bits per heavy atom. The van der Waals surface area contributed by atoms with Gasteiger partial charge in [-0.2, -0.15) is 0 Å². The number of hydrogen-bond acceptors (Lipinski definition) is 6. The summed E-state index contributed by atoms with van der Waals surface area (Å²) in [6.07, 6.45) is 2.58. The molecule has 8 nitrogen and oxygen atoms in total. The summed E-state index contributed by atoms with van der Waals surface area (Å²) in [6, 6.07) is 9.56. The molecular weight excluding hydrogens is 348 g/mol. The zero-order valence-corrected chi connectivity index (χ0v) is 13.4. The maximum absolute atomic E-state index is 12.7. The number of carboxylic acid groups (broad SMARTS) is 1. The van der Waals surface area contributed by atoms with Crippen LogP contribution in [0.3, 0.4) is 0 Å². The first-order valence-corrected chi connectivity index (χ1v) is 8.44. The normalized spacial score (nSPS) is 11.2. The van der Waals surface area contributed by atoms with Gasteiger partial charge in [-0.1, -0.05) is 12.1 Å². The molecule has 0 saturated carbocycles. The zero-order chi connectivity index (χ0) is 18.0. The Hall–Kier alpha value is -3.33. The number of carbonyl (C=O) groups is 1. The lowest BCUT2D eigenvalue weighted by Crippen LogP contribution is -2.14. The highest BCUT2D eigenvalue weighted by molar-refractivity contribution is 7.92. The Morgan fingerprint density at radius 2 is 1.92 bits per heavy atom. The molecule has 3 N–H and O–H groups in total. The number of aromatic carboxylic acids is 1. The van der Waals surface area contributed by atoms with Crippen LogP contribution in [0.15, 0.2) is 64.4 Å². The third kappa shape index (κ3) is 3.31. The van der Waals surface area contributed by atoms with Gasteiger partial charge in [0, 0.05) is 11.6 Å². The van der Waals surface area contributed by atoms with E-state index in [9.17, 15) is 18.3 Å². The molecule has 2 aromatic carbocycles. The molecule has 0 aliphatic rings. The molecule has 0 aliphatic heterocycles. The largest absolute Gasteiger partial charge is 0.507 e. The minimum absolute atomic E-state index is 0.0230. The first-order valence-electron chi connectivity index (χ1n) is 6.95. The van der Waals surface area contributed by atoms with Crippen molar-refractivity contribution in [2.45, 2.75) is 4.90 Å². The fourth-order valence-electron chi connectivity index (χ4n) is 2.24. The molecule has 1 heterocycles. The molecule has 128 valence electrons. The van der Waals surface area contributed by atoms with Crippen molar-refractivity contribution in [3.05, 3.63) is 60.6 Å². The number of rotatable bonds is 5. The molecule has 1 aromatic heterocycles. The molecule has 9 heteroatoms. The maximum atomic E-state index is 12.7. The molecule has 0 amide bonds. The van der Waals surface area contributed by atoms with Crippen LogP contribution in [0.1, 0.15) is 10.4 Å².